The van der Waals surface area contributed by atoms with E-state index in [9.17, 15) is 10.2 Å². The van der Waals surface area contributed by atoms with Crippen molar-refractivity contribution in [3.05, 3.63) is 12.7 Å². The van der Waals surface area contributed by atoms with Crippen molar-refractivity contribution < 1.29 is 24.8 Å². The highest BCUT2D eigenvalue weighted by atomic mass is 16.6. The summed E-state index contributed by atoms with van der Waals surface area (Å²) in [6, 6.07) is 0. The summed E-state index contributed by atoms with van der Waals surface area (Å²) < 4.78 is 11.0. The van der Waals surface area contributed by atoms with Crippen LogP contribution in [0.1, 0.15) is 89.9 Å². The Labute approximate surface area is 172 Å². The molecule has 166 valence electrons. The van der Waals surface area contributed by atoms with Crippen LogP contribution in [0.4, 0.5) is 0 Å². The van der Waals surface area contributed by atoms with Crippen LogP contribution in [0.15, 0.2) is 12.7 Å². The summed E-state index contributed by atoms with van der Waals surface area (Å²) in [4.78, 5) is 0. The van der Waals surface area contributed by atoms with E-state index >= 15 is 0 Å². The maximum atomic E-state index is 10.1. The van der Waals surface area contributed by atoms with Crippen molar-refractivity contribution in [2.45, 2.75) is 114 Å². The molecule has 0 aromatic carbocycles. The maximum absolute atomic E-state index is 10.1. The topological polar surface area (TPSA) is 79.2 Å². The first-order valence-corrected chi connectivity index (χ1v) is 11.5. The average molecular weight is 401 g/mol. The van der Waals surface area contributed by atoms with E-state index in [-0.39, 0.29) is 6.61 Å². The predicted octanol–water partition coefficient (Wildman–Crippen LogP) is 4.13. The van der Waals surface area contributed by atoms with Crippen LogP contribution in [0.25, 0.3) is 0 Å². The van der Waals surface area contributed by atoms with E-state index in [4.69, 9.17) is 14.6 Å². The van der Waals surface area contributed by atoms with Gasteiger partial charge in [0.1, 0.15) is 24.4 Å². The molecule has 0 radical (unpaired) electrons. The summed E-state index contributed by atoms with van der Waals surface area (Å²) in [6.07, 6.45) is 17.0. The fourth-order valence-corrected chi connectivity index (χ4v) is 3.77. The minimum absolute atomic E-state index is 0.276. The number of unbranched alkanes of at least 4 members (excludes halogenated alkanes) is 13. The standard InChI is InChI=1S/C23H44O5/c1-2-3-4-5-6-7-8-9-10-11-12-13-14-15-16-17-27-21-19-28-23(22(21)26)20(25)18-24/h2,20-26H,1,3-19H2/t20-,21+,22-,23-/m0/s1. The molecule has 0 aromatic rings. The Morgan fingerprint density at radius 1 is 0.893 bits per heavy atom. The zero-order valence-corrected chi connectivity index (χ0v) is 17.8. The van der Waals surface area contributed by atoms with E-state index in [1.54, 1.807) is 0 Å². The zero-order chi connectivity index (χ0) is 20.5. The second kappa shape index (κ2) is 17.4. The number of aliphatic hydroxyl groups excluding tert-OH is 3. The molecular weight excluding hydrogens is 356 g/mol. The molecule has 0 spiro atoms. The van der Waals surface area contributed by atoms with Crippen molar-refractivity contribution in [1.82, 2.24) is 0 Å². The van der Waals surface area contributed by atoms with Crippen LogP contribution in [0.5, 0.6) is 0 Å². The largest absolute Gasteiger partial charge is 0.394 e. The lowest BCUT2D eigenvalue weighted by molar-refractivity contribution is -0.0730. The fourth-order valence-electron chi connectivity index (χ4n) is 3.77. The van der Waals surface area contributed by atoms with Gasteiger partial charge in [-0.05, 0) is 19.3 Å². The smallest absolute Gasteiger partial charge is 0.114 e. The Bertz CT molecular complexity index is 363. The molecule has 28 heavy (non-hydrogen) atoms. The molecule has 0 unspecified atom stereocenters. The van der Waals surface area contributed by atoms with Crippen LogP contribution in [-0.2, 0) is 9.47 Å². The summed E-state index contributed by atoms with van der Waals surface area (Å²) in [5.41, 5.74) is 0. The highest BCUT2D eigenvalue weighted by Crippen LogP contribution is 2.20. The van der Waals surface area contributed by atoms with Gasteiger partial charge in [-0.2, -0.15) is 0 Å². The molecule has 0 amide bonds. The molecule has 3 N–H and O–H groups in total. The number of aliphatic hydroxyl groups is 3. The Morgan fingerprint density at radius 3 is 1.89 bits per heavy atom. The maximum Gasteiger partial charge on any atom is 0.114 e. The van der Waals surface area contributed by atoms with Gasteiger partial charge in [0, 0.05) is 6.61 Å². The molecule has 0 aliphatic carbocycles. The number of allylic oxidation sites excluding steroid dienone is 1. The predicted molar refractivity (Wildman–Crippen MR) is 113 cm³/mol. The molecule has 1 rings (SSSR count). The molecule has 1 fully saturated rings. The summed E-state index contributed by atoms with van der Waals surface area (Å²) in [6.45, 7) is 4.23. The van der Waals surface area contributed by atoms with E-state index in [1.165, 1.54) is 70.6 Å². The minimum atomic E-state index is -1.05. The molecule has 0 saturated carbocycles. The number of hydrogen-bond donors (Lipinski definition) is 3. The van der Waals surface area contributed by atoms with E-state index in [0.29, 0.717) is 6.61 Å². The van der Waals surface area contributed by atoms with Crippen LogP contribution in [0.3, 0.4) is 0 Å². The summed E-state index contributed by atoms with van der Waals surface area (Å²) in [5, 5.41) is 28.6. The highest BCUT2D eigenvalue weighted by Gasteiger charge is 2.40. The van der Waals surface area contributed by atoms with Crippen molar-refractivity contribution in [2.75, 3.05) is 19.8 Å². The third-order valence-electron chi connectivity index (χ3n) is 5.62. The third kappa shape index (κ3) is 11.5. The van der Waals surface area contributed by atoms with Gasteiger partial charge in [0.15, 0.2) is 0 Å². The van der Waals surface area contributed by atoms with E-state index in [2.05, 4.69) is 6.58 Å². The first-order chi connectivity index (χ1) is 13.7. The van der Waals surface area contributed by atoms with Crippen molar-refractivity contribution in [3.63, 3.8) is 0 Å². The molecule has 1 aliphatic heterocycles. The number of ether oxygens (including phenoxy) is 2. The van der Waals surface area contributed by atoms with E-state index < -0.39 is 31.0 Å². The Hall–Kier alpha value is -0.460. The van der Waals surface area contributed by atoms with Crippen LogP contribution in [-0.4, -0.2) is 59.6 Å². The van der Waals surface area contributed by atoms with Crippen LogP contribution >= 0.6 is 0 Å². The quantitative estimate of drug-likeness (QED) is 0.224. The van der Waals surface area contributed by atoms with Crippen LogP contribution in [0, 0.1) is 0 Å². The monoisotopic (exact) mass is 400 g/mol. The minimum Gasteiger partial charge on any atom is -0.394 e. The summed E-state index contributed by atoms with van der Waals surface area (Å²) >= 11 is 0. The normalized spacial score (nSPS) is 23.2. The molecule has 1 heterocycles. The van der Waals surface area contributed by atoms with Gasteiger partial charge in [-0.25, -0.2) is 0 Å². The van der Waals surface area contributed by atoms with Crippen molar-refractivity contribution in [2.24, 2.45) is 0 Å². The summed E-state index contributed by atoms with van der Waals surface area (Å²) in [7, 11) is 0. The van der Waals surface area contributed by atoms with Crippen molar-refractivity contribution in [1.29, 1.82) is 0 Å². The lowest BCUT2D eigenvalue weighted by Gasteiger charge is -2.20. The summed E-state index contributed by atoms with van der Waals surface area (Å²) in [5.74, 6) is 0. The fraction of sp³-hybridized carbons (Fsp3) is 0.913. The zero-order valence-electron chi connectivity index (χ0n) is 17.8. The van der Waals surface area contributed by atoms with Crippen molar-refractivity contribution >= 4 is 0 Å². The first-order valence-electron chi connectivity index (χ1n) is 11.5. The Morgan fingerprint density at radius 2 is 1.39 bits per heavy atom. The first kappa shape index (κ1) is 25.6. The molecule has 1 aliphatic rings. The Balaban J connectivity index is 1.81. The van der Waals surface area contributed by atoms with Gasteiger partial charge >= 0.3 is 0 Å². The molecule has 0 aromatic heterocycles. The number of hydrogen-bond acceptors (Lipinski definition) is 5. The molecule has 1 saturated heterocycles. The van der Waals surface area contributed by atoms with Gasteiger partial charge in [-0.1, -0.05) is 76.7 Å². The lowest BCUT2D eigenvalue weighted by Crippen LogP contribution is -2.41. The second-order valence-electron chi connectivity index (χ2n) is 8.12. The van der Waals surface area contributed by atoms with Crippen LogP contribution < -0.4 is 0 Å². The molecule has 5 heteroatoms. The van der Waals surface area contributed by atoms with Gasteiger partial charge in [0.25, 0.3) is 0 Å². The molecular formula is C23H44O5. The van der Waals surface area contributed by atoms with Gasteiger partial charge in [-0.3, -0.25) is 0 Å². The Kier molecular flexibility index (Phi) is 15.9. The third-order valence-corrected chi connectivity index (χ3v) is 5.62. The van der Waals surface area contributed by atoms with Gasteiger partial charge in [0.05, 0.1) is 13.2 Å². The van der Waals surface area contributed by atoms with Crippen LogP contribution in [0.2, 0.25) is 0 Å². The van der Waals surface area contributed by atoms with E-state index in [0.717, 1.165) is 19.3 Å². The highest BCUT2D eigenvalue weighted by molar-refractivity contribution is 4.88. The second-order valence-corrected chi connectivity index (χ2v) is 8.12. The van der Waals surface area contributed by atoms with E-state index in [1.807, 2.05) is 6.08 Å². The van der Waals surface area contributed by atoms with Gasteiger partial charge in [-0.15, -0.1) is 6.58 Å². The SMILES string of the molecule is C=CCCCCCCCCCCCCCCCO[C@@H]1CO[C@@H]([C@@H](O)CO)[C@H]1O. The average Bonchev–Trinajstić information content (AvgIpc) is 3.07. The molecule has 5 nitrogen and oxygen atoms in total. The number of rotatable bonds is 19. The van der Waals surface area contributed by atoms with Gasteiger partial charge < -0.3 is 24.8 Å². The van der Waals surface area contributed by atoms with Crippen molar-refractivity contribution in [3.8, 4) is 0 Å². The lowest BCUT2D eigenvalue weighted by atomic mass is 10.0. The van der Waals surface area contributed by atoms with Gasteiger partial charge in [0.2, 0.25) is 0 Å². The molecule has 4 atom stereocenters. The molecule has 0 bridgehead atoms.